The topological polar surface area (TPSA) is 17.1 Å². The van der Waals surface area contributed by atoms with Gasteiger partial charge in [-0.2, -0.15) is 0 Å². The van der Waals surface area contributed by atoms with Crippen molar-refractivity contribution in [3.63, 3.8) is 0 Å². The van der Waals surface area contributed by atoms with Gasteiger partial charge < -0.3 is 0 Å². The van der Waals surface area contributed by atoms with Crippen molar-refractivity contribution in [3.05, 3.63) is 0 Å². The van der Waals surface area contributed by atoms with Crippen LogP contribution in [-0.2, 0) is 4.79 Å². The molecule has 0 aromatic carbocycles. The molecular formula is C20H32O. The third-order valence-corrected chi connectivity index (χ3v) is 7.61. The zero-order valence-corrected chi connectivity index (χ0v) is 14.0. The smallest absolute Gasteiger partial charge is 0.142 e. The first-order valence-corrected chi connectivity index (χ1v) is 9.56. The van der Waals surface area contributed by atoms with Gasteiger partial charge in [-0.3, -0.25) is 4.79 Å². The largest absolute Gasteiger partial charge is 0.299 e. The van der Waals surface area contributed by atoms with Gasteiger partial charge >= 0.3 is 0 Å². The number of carbonyl (C=O) groups is 1. The van der Waals surface area contributed by atoms with Gasteiger partial charge in [-0.15, -0.1) is 0 Å². The molecule has 0 radical (unpaired) electrons. The van der Waals surface area contributed by atoms with Crippen LogP contribution >= 0.6 is 0 Å². The molecule has 0 heterocycles. The Morgan fingerprint density at radius 3 is 2.38 bits per heavy atom. The molecule has 5 fully saturated rings. The van der Waals surface area contributed by atoms with Crippen LogP contribution in [0.25, 0.3) is 0 Å². The lowest BCUT2D eigenvalue weighted by Crippen LogP contribution is -2.55. The number of Topliss-reactive ketones (excluding diaryl/α,β-unsaturated/α-hetero) is 1. The maximum atomic E-state index is 13.5. The summed E-state index contributed by atoms with van der Waals surface area (Å²) in [6.45, 7) is 4.80. The summed E-state index contributed by atoms with van der Waals surface area (Å²) in [5, 5.41) is 0. The Hall–Kier alpha value is -0.330. The third-order valence-electron chi connectivity index (χ3n) is 7.61. The van der Waals surface area contributed by atoms with Gasteiger partial charge in [-0.05, 0) is 74.5 Å². The molecule has 0 N–H and O–H groups in total. The predicted molar refractivity (Wildman–Crippen MR) is 86.0 cm³/mol. The molecule has 0 amide bonds. The van der Waals surface area contributed by atoms with E-state index in [0.29, 0.717) is 11.3 Å². The molecular weight excluding hydrogens is 256 g/mol. The van der Waals surface area contributed by atoms with Gasteiger partial charge in [0.05, 0.1) is 0 Å². The summed E-state index contributed by atoms with van der Waals surface area (Å²) in [5.74, 6) is 3.73. The molecule has 0 saturated heterocycles. The maximum absolute atomic E-state index is 13.5. The van der Waals surface area contributed by atoms with Crippen molar-refractivity contribution in [1.29, 1.82) is 0 Å². The summed E-state index contributed by atoms with van der Waals surface area (Å²) in [5.41, 5.74) is 0.637. The van der Waals surface area contributed by atoms with Crippen molar-refractivity contribution >= 4 is 5.78 Å². The molecule has 5 aliphatic rings. The van der Waals surface area contributed by atoms with E-state index in [9.17, 15) is 4.79 Å². The monoisotopic (exact) mass is 288 g/mol. The van der Waals surface area contributed by atoms with Crippen LogP contribution in [0.3, 0.4) is 0 Å². The van der Waals surface area contributed by atoms with Crippen LogP contribution in [0.1, 0.15) is 84.5 Å². The van der Waals surface area contributed by atoms with Crippen LogP contribution in [0.2, 0.25) is 0 Å². The predicted octanol–water partition coefficient (Wildman–Crippen LogP) is 5.38. The molecule has 5 aliphatic carbocycles. The van der Waals surface area contributed by atoms with Crippen LogP contribution in [0.15, 0.2) is 0 Å². The van der Waals surface area contributed by atoms with Gasteiger partial charge in [0.15, 0.2) is 0 Å². The SMILES string of the molecule is CCC1CCCC(C(=O)C23CC4CC(CC(C)(C4)C2)C3)C1. The maximum Gasteiger partial charge on any atom is 0.142 e. The first-order valence-electron chi connectivity index (χ1n) is 9.56. The molecule has 4 bridgehead atoms. The van der Waals surface area contributed by atoms with Gasteiger partial charge in [0.1, 0.15) is 5.78 Å². The van der Waals surface area contributed by atoms with Crippen molar-refractivity contribution in [2.24, 2.45) is 34.5 Å². The Morgan fingerprint density at radius 1 is 1.05 bits per heavy atom. The molecule has 1 heteroatoms. The molecule has 5 saturated carbocycles. The zero-order chi connectivity index (χ0) is 14.7. The van der Waals surface area contributed by atoms with E-state index in [0.717, 1.165) is 23.5 Å². The Labute approximate surface area is 130 Å². The van der Waals surface area contributed by atoms with Gasteiger partial charge in [-0.1, -0.05) is 33.1 Å². The second-order valence-electron chi connectivity index (χ2n) is 9.55. The van der Waals surface area contributed by atoms with Gasteiger partial charge in [0.2, 0.25) is 0 Å². The second kappa shape index (κ2) is 4.83. The van der Waals surface area contributed by atoms with Crippen molar-refractivity contribution < 1.29 is 4.79 Å². The summed E-state index contributed by atoms with van der Waals surface area (Å²) in [6, 6.07) is 0. The lowest BCUT2D eigenvalue weighted by atomic mass is 9.43. The van der Waals surface area contributed by atoms with Crippen molar-refractivity contribution in [3.8, 4) is 0 Å². The first kappa shape index (κ1) is 14.3. The lowest BCUT2D eigenvalue weighted by molar-refractivity contribution is -0.158. The minimum Gasteiger partial charge on any atom is -0.299 e. The third kappa shape index (κ3) is 2.30. The second-order valence-corrected chi connectivity index (χ2v) is 9.55. The van der Waals surface area contributed by atoms with Crippen LogP contribution in [0, 0.1) is 34.5 Å². The zero-order valence-electron chi connectivity index (χ0n) is 14.0. The fraction of sp³-hybridized carbons (Fsp3) is 0.950. The number of ketones is 1. The molecule has 0 aliphatic heterocycles. The van der Waals surface area contributed by atoms with E-state index in [4.69, 9.17) is 0 Å². The summed E-state index contributed by atoms with van der Waals surface area (Å²) in [4.78, 5) is 13.5. The van der Waals surface area contributed by atoms with E-state index in [2.05, 4.69) is 13.8 Å². The average Bonchev–Trinajstić information content (AvgIpc) is 2.44. The normalized spacial score (nSPS) is 52.1. The van der Waals surface area contributed by atoms with Crippen LogP contribution < -0.4 is 0 Å². The van der Waals surface area contributed by atoms with Gasteiger partial charge in [-0.25, -0.2) is 0 Å². The Kier molecular flexibility index (Phi) is 3.28. The molecule has 21 heavy (non-hydrogen) atoms. The lowest BCUT2D eigenvalue weighted by Gasteiger charge is -2.61. The summed E-state index contributed by atoms with van der Waals surface area (Å²) >= 11 is 0. The Bertz CT molecular complexity index is 423. The number of hydrogen-bond donors (Lipinski definition) is 0. The highest BCUT2D eigenvalue weighted by Crippen LogP contribution is 2.66. The van der Waals surface area contributed by atoms with Crippen LogP contribution in [-0.4, -0.2) is 5.78 Å². The summed E-state index contributed by atoms with van der Waals surface area (Å²) in [7, 11) is 0. The number of rotatable bonds is 3. The molecule has 0 aromatic rings. The standard InChI is InChI=1S/C20H32O/c1-3-14-5-4-6-17(8-14)18(21)20-11-15-7-16(12-20)10-19(2,9-15)13-20/h14-17H,3-13H2,1-2H3. The Balaban J connectivity index is 1.56. The van der Waals surface area contributed by atoms with E-state index >= 15 is 0 Å². The molecule has 5 rings (SSSR count). The van der Waals surface area contributed by atoms with E-state index in [1.165, 1.54) is 70.6 Å². The Morgan fingerprint density at radius 2 is 1.76 bits per heavy atom. The molecule has 118 valence electrons. The average molecular weight is 288 g/mol. The number of carbonyl (C=O) groups excluding carboxylic acids is 1. The minimum absolute atomic E-state index is 0.124. The van der Waals surface area contributed by atoms with Crippen LogP contribution in [0.5, 0.6) is 0 Å². The quantitative estimate of drug-likeness (QED) is 0.681. The molecule has 4 unspecified atom stereocenters. The fourth-order valence-corrected chi connectivity index (χ4v) is 7.34. The molecule has 0 aromatic heterocycles. The molecule has 1 nitrogen and oxygen atoms in total. The highest BCUT2D eigenvalue weighted by Gasteiger charge is 2.59. The first-order chi connectivity index (χ1) is 10.0. The fourth-order valence-electron chi connectivity index (χ4n) is 7.34. The molecule has 4 atom stereocenters. The van der Waals surface area contributed by atoms with E-state index < -0.39 is 0 Å². The van der Waals surface area contributed by atoms with Crippen molar-refractivity contribution in [2.75, 3.05) is 0 Å². The van der Waals surface area contributed by atoms with Crippen molar-refractivity contribution in [2.45, 2.75) is 84.5 Å². The van der Waals surface area contributed by atoms with Crippen LogP contribution in [0.4, 0.5) is 0 Å². The van der Waals surface area contributed by atoms with E-state index in [-0.39, 0.29) is 5.41 Å². The van der Waals surface area contributed by atoms with Crippen molar-refractivity contribution in [1.82, 2.24) is 0 Å². The highest BCUT2D eigenvalue weighted by molar-refractivity contribution is 5.87. The van der Waals surface area contributed by atoms with E-state index in [1.807, 2.05) is 0 Å². The van der Waals surface area contributed by atoms with Gasteiger partial charge in [0, 0.05) is 11.3 Å². The van der Waals surface area contributed by atoms with Gasteiger partial charge in [0.25, 0.3) is 0 Å². The number of hydrogen-bond acceptors (Lipinski definition) is 1. The molecule has 0 spiro atoms. The summed E-state index contributed by atoms with van der Waals surface area (Å²) < 4.78 is 0. The summed E-state index contributed by atoms with van der Waals surface area (Å²) in [6.07, 6.45) is 14.4. The van der Waals surface area contributed by atoms with E-state index in [1.54, 1.807) is 0 Å². The highest BCUT2D eigenvalue weighted by atomic mass is 16.1. The minimum atomic E-state index is 0.124.